The van der Waals surface area contributed by atoms with Crippen molar-refractivity contribution in [1.29, 1.82) is 0 Å². The first-order valence-electron chi connectivity index (χ1n) is 5.18. The summed E-state index contributed by atoms with van der Waals surface area (Å²) < 4.78 is 8.99. The third kappa shape index (κ3) is 4.30. The van der Waals surface area contributed by atoms with Gasteiger partial charge in [0.15, 0.2) is 0 Å². The smallest absolute Gasteiger partial charge is 0.354 e. The van der Waals surface area contributed by atoms with Gasteiger partial charge in [-0.25, -0.2) is 9.59 Å². The van der Waals surface area contributed by atoms with E-state index in [0.29, 0.717) is 5.02 Å². The minimum atomic E-state index is -0.780. The van der Waals surface area contributed by atoms with Gasteiger partial charge in [0.2, 0.25) is 0 Å². The molecule has 0 amide bonds. The summed E-state index contributed by atoms with van der Waals surface area (Å²) in [6.07, 6.45) is 0.924. The number of halogens is 3. The summed E-state index contributed by atoms with van der Waals surface area (Å²) in [4.78, 5) is 22.8. The number of nitrogens with one attached hydrogen (secondary N) is 1. The van der Waals surface area contributed by atoms with Crippen LogP contribution in [0.25, 0.3) is 0 Å². The van der Waals surface area contributed by atoms with Crippen molar-refractivity contribution in [3.63, 3.8) is 0 Å². The Morgan fingerprint density at radius 3 is 2.10 bits per heavy atom. The van der Waals surface area contributed by atoms with Gasteiger partial charge in [0.1, 0.15) is 5.70 Å². The predicted molar refractivity (Wildman–Crippen MR) is 77.2 cm³/mol. The number of benzene rings is 1. The molecule has 0 atom stereocenters. The molecule has 0 aliphatic rings. The Bertz CT molecular complexity index is 549. The zero-order chi connectivity index (χ0) is 15.3. The van der Waals surface area contributed by atoms with E-state index in [2.05, 4.69) is 14.8 Å². The summed E-state index contributed by atoms with van der Waals surface area (Å²) in [7, 11) is 2.34. The molecule has 0 heterocycles. The summed E-state index contributed by atoms with van der Waals surface area (Å²) in [5.41, 5.74) is 0.0451. The van der Waals surface area contributed by atoms with Crippen LogP contribution in [0.1, 0.15) is 0 Å². The van der Waals surface area contributed by atoms with E-state index in [1.54, 1.807) is 0 Å². The highest BCUT2D eigenvalue weighted by Crippen LogP contribution is 2.34. The first kappa shape index (κ1) is 16.6. The lowest BCUT2D eigenvalue weighted by Gasteiger charge is -2.12. The van der Waals surface area contributed by atoms with Gasteiger partial charge in [-0.1, -0.05) is 34.8 Å². The van der Waals surface area contributed by atoms with Crippen molar-refractivity contribution >= 4 is 52.4 Å². The topological polar surface area (TPSA) is 64.6 Å². The van der Waals surface area contributed by atoms with Crippen molar-refractivity contribution in [3.05, 3.63) is 39.0 Å². The molecular weight excluding hydrogens is 328 g/mol. The Morgan fingerprint density at radius 1 is 1.10 bits per heavy atom. The van der Waals surface area contributed by atoms with Crippen molar-refractivity contribution in [2.24, 2.45) is 0 Å². The fraction of sp³-hybridized carbons (Fsp3) is 0.167. The van der Waals surface area contributed by atoms with Crippen LogP contribution in [-0.4, -0.2) is 26.2 Å². The second-order valence-electron chi connectivity index (χ2n) is 3.44. The molecule has 0 aliphatic carbocycles. The van der Waals surface area contributed by atoms with E-state index in [1.165, 1.54) is 26.4 Å². The molecule has 0 saturated heterocycles. The molecule has 8 heteroatoms. The van der Waals surface area contributed by atoms with Crippen LogP contribution in [-0.2, 0) is 19.1 Å². The van der Waals surface area contributed by atoms with Crippen LogP contribution in [0, 0.1) is 0 Å². The van der Waals surface area contributed by atoms with Crippen LogP contribution >= 0.6 is 34.8 Å². The molecule has 0 radical (unpaired) electrons. The van der Waals surface area contributed by atoms with Gasteiger partial charge in [-0.15, -0.1) is 0 Å². The predicted octanol–water partition coefficient (Wildman–Crippen LogP) is 3.29. The molecular formula is C12H10Cl3NO4. The molecule has 1 rings (SSSR count). The van der Waals surface area contributed by atoms with Crippen LogP contribution in [0.4, 0.5) is 5.69 Å². The molecule has 1 aromatic rings. The lowest BCUT2D eigenvalue weighted by atomic mass is 10.3. The van der Waals surface area contributed by atoms with Gasteiger partial charge in [-0.05, 0) is 12.1 Å². The minimum Gasteiger partial charge on any atom is -0.466 e. The van der Waals surface area contributed by atoms with Gasteiger partial charge in [-0.2, -0.15) is 0 Å². The van der Waals surface area contributed by atoms with Crippen LogP contribution < -0.4 is 5.32 Å². The van der Waals surface area contributed by atoms with Gasteiger partial charge in [0.25, 0.3) is 0 Å². The second kappa shape index (κ2) is 7.38. The Balaban J connectivity index is 3.17. The highest BCUT2D eigenvalue weighted by molar-refractivity contribution is 6.41. The maximum Gasteiger partial charge on any atom is 0.354 e. The van der Waals surface area contributed by atoms with E-state index in [0.717, 1.165) is 6.08 Å². The number of esters is 2. The number of carbonyl (C=O) groups excluding carboxylic acids is 2. The molecule has 0 unspecified atom stereocenters. The molecule has 0 aliphatic heterocycles. The lowest BCUT2D eigenvalue weighted by Crippen LogP contribution is -2.15. The van der Waals surface area contributed by atoms with E-state index >= 15 is 0 Å². The molecule has 0 fully saturated rings. The largest absolute Gasteiger partial charge is 0.466 e. The highest BCUT2D eigenvalue weighted by atomic mass is 35.5. The van der Waals surface area contributed by atoms with Gasteiger partial charge in [-0.3, -0.25) is 0 Å². The summed E-state index contributed by atoms with van der Waals surface area (Å²) in [6, 6.07) is 2.87. The van der Waals surface area contributed by atoms with Gasteiger partial charge < -0.3 is 14.8 Å². The van der Waals surface area contributed by atoms with Crippen molar-refractivity contribution < 1.29 is 19.1 Å². The molecule has 20 heavy (non-hydrogen) atoms. The average Bonchev–Trinajstić information content (AvgIpc) is 2.40. The standard InChI is InChI=1S/C12H10Cl3NO4/c1-19-10(17)5-9(12(18)20-2)16-11-7(14)3-6(13)4-8(11)15/h3-5,16H,1-2H3/b9-5+. The molecule has 0 spiro atoms. The zero-order valence-corrected chi connectivity index (χ0v) is 12.8. The fourth-order valence-corrected chi connectivity index (χ4v) is 2.14. The first-order chi connectivity index (χ1) is 9.38. The van der Waals surface area contributed by atoms with Crippen LogP contribution in [0.15, 0.2) is 23.9 Å². The first-order valence-corrected chi connectivity index (χ1v) is 6.32. The normalized spacial score (nSPS) is 10.9. The zero-order valence-electron chi connectivity index (χ0n) is 10.5. The molecule has 1 N–H and O–H groups in total. The Hall–Kier alpha value is -1.43. The number of rotatable bonds is 4. The molecule has 0 aromatic heterocycles. The number of methoxy groups -OCH3 is 2. The molecule has 0 saturated carbocycles. The van der Waals surface area contributed by atoms with E-state index in [-0.39, 0.29) is 21.4 Å². The summed E-state index contributed by atoms with van der Waals surface area (Å²) in [6.45, 7) is 0. The Morgan fingerprint density at radius 2 is 1.65 bits per heavy atom. The number of hydrogen-bond donors (Lipinski definition) is 1. The van der Waals surface area contributed by atoms with E-state index in [4.69, 9.17) is 34.8 Å². The number of carbonyl (C=O) groups is 2. The highest BCUT2D eigenvalue weighted by Gasteiger charge is 2.16. The molecule has 1 aromatic carbocycles. The average molecular weight is 339 g/mol. The maximum atomic E-state index is 11.6. The van der Waals surface area contributed by atoms with Crippen molar-refractivity contribution in [2.45, 2.75) is 0 Å². The minimum absolute atomic E-state index is 0.175. The second-order valence-corrected chi connectivity index (χ2v) is 4.69. The van der Waals surface area contributed by atoms with Crippen LogP contribution in [0.5, 0.6) is 0 Å². The monoisotopic (exact) mass is 337 g/mol. The van der Waals surface area contributed by atoms with Crippen LogP contribution in [0.2, 0.25) is 15.1 Å². The summed E-state index contributed by atoms with van der Waals surface area (Å²) >= 11 is 17.7. The third-order valence-corrected chi connectivity index (χ3v) is 2.95. The van der Waals surface area contributed by atoms with Crippen molar-refractivity contribution in [1.82, 2.24) is 0 Å². The van der Waals surface area contributed by atoms with E-state index in [9.17, 15) is 9.59 Å². The Kier molecular flexibility index (Phi) is 6.13. The summed E-state index contributed by atoms with van der Waals surface area (Å²) in [5.74, 6) is -1.52. The van der Waals surface area contributed by atoms with E-state index in [1.807, 2.05) is 0 Å². The molecule has 108 valence electrons. The lowest BCUT2D eigenvalue weighted by molar-refractivity contribution is -0.138. The quantitative estimate of drug-likeness (QED) is 0.674. The third-order valence-electron chi connectivity index (χ3n) is 2.14. The number of ether oxygens (including phenoxy) is 2. The number of hydrogen-bond acceptors (Lipinski definition) is 5. The maximum absolute atomic E-state index is 11.6. The van der Waals surface area contributed by atoms with Gasteiger partial charge in [0.05, 0.1) is 36.0 Å². The van der Waals surface area contributed by atoms with Crippen molar-refractivity contribution in [3.8, 4) is 0 Å². The SMILES string of the molecule is COC(=O)/C=C(/Nc1c(Cl)cc(Cl)cc1Cl)C(=O)OC. The molecule has 0 bridgehead atoms. The summed E-state index contributed by atoms with van der Waals surface area (Å²) in [5, 5.41) is 3.32. The Labute approximate surface area is 130 Å². The van der Waals surface area contributed by atoms with Gasteiger partial charge >= 0.3 is 11.9 Å². The molecule has 5 nitrogen and oxygen atoms in total. The van der Waals surface area contributed by atoms with Crippen molar-refractivity contribution in [2.75, 3.05) is 19.5 Å². The fourth-order valence-electron chi connectivity index (χ4n) is 1.23. The van der Waals surface area contributed by atoms with Gasteiger partial charge in [0, 0.05) is 5.02 Å². The van der Waals surface area contributed by atoms with E-state index < -0.39 is 11.9 Å². The number of anilines is 1. The van der Waals surface area contributed by atoms with Crippen LogP contribution in [0.3, 0.4) is 0 Å².